The molecule has 6 N–H and O–H groups in total. The van der Waals surface area contributed by atoms with Crippen molar-refractivity contribution in [2.45, 2.75) is 13.0 Å². The topological polar surface area (TPSA) is 113 Å². The van der Waals surface area contributed by atoms with Crippen molar-refractivity contribution in [2.75, 3.05) is 0 Å². The zero-order valence-electron chi connectivity index (χ0n) is 16.5. The molecule has 0 aromatic heterocycles. The second-order valence-electron chi connectivity index (χ2n) is 7.27. The molecule has 1 heterocycles. The van der Waals surface area contributed by atoms with Gasteiger partial charge < -0.3 is 30.8 Å². The number of allylic oxidation sites excluding steroid dienone is 2. The van der Waals surface area contributed by atoms with E-state index in [1.54, 1.807) is 13.1 Å². The van der Waals surface area contributed by atoms with Crippen LogP contribution in [-0.2, 0) is 0 Å². The molecule has 0 radical (unpaired) electrons. The van der Waals surface area contributed by atoms with Crippen molar-refractivity contribution in [3.05, 3.63) is 82.0 Å². The van der Waals surface area contributed by atoms with Crippen molar-refractivity contribution in [1.82, 2.24) is 5.32 Å². The Kier molecular flexibility index (Phi) is 5.29. The van der Waals surface area contributed by atoms with Gasteiger partial charge in [0.25, 0.3) is 0 Å². The number of phenols is 5. The van der Waals surface area contributed by atoms with E-state index in [-0.39, 0.29) is 11.6 Å². The third kappa shape index (κ3) is 3.57. The summed E-state index contributed by atoms with van der Waals surface area (Å²) in [4.78, 5) is 0. The minimum absolute atomic E-state index is 0.152. The number of hydrogen-bond donors (Lipinski definition) is 6. The summed E-state index contributed by atoms with van der Waals surface area (Å²) in [5.41, 5.74) is 4.09. The molecule has 0 saturated heterocycles. The first-order valence-electron chi connectivity index (χ1n) is 9.48. The quantitative estimate of drug-likeness (QED) is 0.224. The molecule has 6 nitrogen and oxygen atoms in total. The Bertz CT molecular complexity index is 1200. The molecule has 0 fully saturated rings. The van der Waals surface area contributed by atoms with Crippen LogP contribution in [0.1, 0.15) is 24.1 Å². The Hall–Kier alpha value is -3.58. The number of rotatable bonds is 3. The fourth-order valence-corrected chi connectivity index (χ4v) is 4.16. The molecule has 0 saturated carbocycles. The molecule has 7 heteroatoms. The summed E-state index contributed by atoms with van der Waals surface area (Å²) in [5.74, 6) is -4.21. The molecule has 1 unspecified atom stereocenters. The van der Waals surface area contributed by atoms with Gasteiger partial charge in [0.05, 0.1) is 11.6 Å². The lowest BCUT2D eigenvalue weighted by Crippen LogP contribution is -2.18. The largest absolute Gasteiger partial charge is 0.504 e. The van der Waals surface area contributed by atoms with E-state index in [4.69, 9.17) is 0 Å². The molecule has 0 aliphatic carbocycles. The van der Waals surface area contributed by atoms with Crippen molar-refractivity contribution in [3.63, 3.8) is 0 Å². The Balaban J connectivity index is 1.64. The van der Waals surface area contributed by atoms with E-state index in [9.17, 15) is 25.5 Å². The van der Waals surface area contributed by atoms with Crippen LogP contribution in [0.4, 0.5) is 0 Å². The van der Waals surface area contributed by atoms with Gasteiger partial charge in [0, 0.05) is 16.2 Å². The smallest absolute Gasteiger partial charge is 0.208 e. The molecule has 31 heavy (non-hydrogen) atoms. The van der Waals surface area contributed by atoms with Crippen molar-refractivity contribution < 1.29 is 25.5 Å². The van der Waals surface area contributed by atoms with Crippen LogP contribution in [0.5, 0.6) is 28.7 Å². The summed E-state index contributed by atoms with van der Waals surface area (Å²) in [5, 5.41) is 52.9. The molecule has 4 rings (SSSR count). The first kappa shape index (κ1) is 20.7. The molecule has 1 aliphatic rings. The molecular weight excluding hydrogens is 462 g/mol. The van der Waals surface area contributed by atoms with Gasteiger partial charge in [-0.05, 0) is 35.3 Å². The van der Waals surface area contributed by atoms with Crippen LogP contribution in [0, 0.1) is 0 Å². The lowest BCUT2D eigenvalue weighted by Gasteiger charge is -2.24. The van der Waals surface area contributed by atoms with Crippen LogP contribution >= 0.6 is 15.9 Å². The molecule has 3 aromatic rings. The van der Waals surface area contributed by atoms with Crippen LogP contribution in [0.3, 0.4) is 0 Å². The summed E-state index contributed by atoms with van der Waals surface area (Å²) in [6.45, 7) is 1.79. The van der Waals surface area contributed by atoms with Gasteiger partial charge in [-0.1, -0.05) is 64.5 Å². The van der Waals surface area contributed by atoms with E-state index in [1.165, 1.54) is 0 Å². The van der Waals surface area contributed by atoms with Gasteiger partial charge in [-0.3, -0.25) is 0 Å². The van der Waals surface area contributed by atoms with Crippen LogP contribution in [-0.4, -0.2) is 25.5 Å². The molecule has 158 valence electrons. The van der Waals surface area contributed by atoms with Crippen molar-refractivity contribution in [3.8, 4) is 39.9 Å². The average Bonchev–Trinajstić information content (AvgIpc) is 2.78. The van der Waals surface area contributed by atoms with Crippen molar-refractivity contribution in [1.29, 1.82) is 0 Å². The fourth-order valence-electron chi connectivity index (χ4n) is 3.64. The maximum atomic E-state index is 10.2. The Morgan fingerprint density at radius 1 is 0.774 bits per heavy atom. The monoisotopic (exact) mass is 481 g/mol. The summed E-state index contributed by atoms with van der Waals surface area (Å²) in [7, 11) is 0. The number of phenolic OH excluding ortho intramolecular Hbond substituents is 5. The number of nitrogens with one attached hydrogen (secondary N) is 1. The zero-order valence-corrected chi connectivity index (χ0v) is 18.1. The maximum Gasteiger partial charge on any atom is 0.208 e. The molecular formula is C24H20BrNO5. The fraction of sp³-hybridized carbons (Fsp3) is 0.0833. The number of halogens is 1. The van der Waals surface area contributed by atoms with Gasteiger partial charge in [-0.25, -0.2) is 0 Å². The first-order chi connectivity index (χ1) is 14.8. The van der Waals surface area contributed by atoms with Crippen LogP contribution in [0.2, 0.25) is 0 Å². The second-order valence-corrected chi connectivity index (χ2v) is 8.13. The van der Waals surface area contributed by atoms with E-state index in [1.807, 2.05) is 54.6 Å². The molecule has 3 aromatic carbocycles. The third-order valence-electron chi connectivity index (χ3n) is 5.34. The number of hydrogen-bond acceptors (Lipinski definition) is 6. The summed E-state index contributed by atoms with van der Waals surface area (Å²) in [6.07, 6.45) is 3.50. The highest BCUT2D eigenvalue weighted by Crippen LogP contribution is 2.54. The average molecular weight is 482 g/mol. The first-order valence-corrected chi connectivity index (χ1v) is 10.3. The van der Waals surface area contributed by atoms with Gasteiger partial charge in [0.1, 0.15) is 0 Å². The van der Waals surface area contributed by atoms with Gasteiger partial charge >= 0.3 is 0 Å². The molecule has 1 aliphatic heterocycles. The minimum atomic E-state index is -0.979. The third-order valence-corrected chi connectivity index (χ3v) is 6.04. The molecule has 0 spiro atoms. The Labute approximate surface area is 187 Å². The second kappa shape index (κ2) is 7.92. The van der Waals surface area contributed by atoms with Gasteiger partial charge in [0.15, 0.2) is 11.5 Å². The highest BCUT2D eigenvalue weighted by atomic mass is 79.9. The van der Waals surface area contributed by atoms with Gasteiger partial charge in [-0.15, -0.1) is 0 Å². The van der Waals surface area contributed by atoms with Crippen molar-refractivity contribution in [2.24, 2.45) is 0 Å². The van der Waals surface area contributed by atoms with Crippen LogP contribution in [0.25, 0.3) is 16.7 Å². The number of benzene rings is 3. The SMILES string of the molecule is CC1=CC(c2ccc(-c3ccccc3Br)cc2)NC=C1c1c(O)c(O)c(O)c(O)c1O. The van der Waals surface area contributed by atoms with E-state index < -0.39 is 28.7 Å². The van der Waals surface area contributed by atoms with E-state index in [0.29, 0.717) is 11.1 Å². The molecule has 0 bridgehead atoms. The van der Waals surface area contributed by atoms with Crippen LogP contribution < -0.4 is 5.32 Å². The predicted molar refractivity (Wildman–Crippen MR) is 122 cm³/mol. The molecule has 1 atom stereocenters. The van der Waals surface area contributed by atoms with Crippen molar-refractivity contribution >= 4 is 21.5 Å². The lowest BCUT2D eigenvalue weighted by molar-refractivity contribution is 0.327. The van der Waals surface area contributed by atoms with E-state index >= 15 is 0 Å². The Morgan fingerprint density at radius 2 is 1.35 bits per heavy atom. The van der Waals surface area contributed by atoms with Gasteiger partial charge in [-0.2, -0.15) is 0 Å². The van der Waals surface area contributed by atoms with E-state index in [0.717, 1.165) is 21.2 Å². The standard InChI is InChI=1S/C24H20BrNO5/c1-12-10-18(14-8-6-13(7-9-14)15-4-2-3-5-17(15)25)26-11-16(12)19-20(27)22(29)24(31)23(30)21(19)28/h2-11,18,26-31H,1H3. The number of dihydropyridines is 1. The van der Waals surface area contributed by atoms with E-state index in [2.05, 4.69) is 21.2 Å². The lowest BCUT2D eigenvalue weighted by atomic mass is 9.91. The predicted octanol–water partition coefficient (Wildman–Crippen LogP) is 5.28. The summed E-state index contributed by atoms with van der Waals surface area (Å²) >= 11 is 3.57. The molecule has 0 amide bonds. The maximum absolute atomic E-state index is 10.2. The summed E-state index contributed by atoms with van der Waals surface area (Å²) in [6, 6.07) is 15.9. The minimum Gasteiger partial charge on any atom is -0.504 e. The zero-order chi connectivity index (χ0) is 22.3. The normalized spacial score (nSPS) is 15.7. The van der Waals surface area contributed by atoms with Gasteiger partial charge in [0.2, 0.25) is 17.2 Å². The Morgan fingerprint density at radius 3 is 1.94 bits per heavy atom. The highest BCUT2D eigenvalue weighted by molar-refractivity contribution is 9.10. The number of aromatic hydroxyl groups is 5. The highest BCUT2D eigenvalue weighted by Gasteiger charge is 2.27. The van der Waals surface area contributed by atoms with Crippen LogP contribution in [0.15, 0.2) is 70.9 Å². The summed E-state index contributed by atoms with van der Waals surface area (Å²) < 4.78 is 1.02.